The van der Waals surface area contributed by atoms with Crippen molar-refractivity contribution in [3.63, 3.8) is 0 Å². The lowest BCUT2D eigenvalue weighted by Gasteiger charge is -2.28. The van der Waals surface area contributed by atoms with Crippen molar-refractivity contribution in [1.29, 1.82) is 0 Å². The Labute approximate surface area is 193 Å². The van der Waals surface area contributed by atoms with Gasteiger partial charge in [0.25, 0.3) is 5.91 Å². The molecule has 0 spiro atoms. The van der Waals surface area contributed by atoms with Gasteiger partial charge >= 0.3 is 0 Å². The third-order valence-corrected chi connectivity index (χ3v) is 6.52. The largest absolute Gasteiger partial charge is 0.497 e. The van der Waals surface area contributed by atoms with Crippen LogP contribution in [-0.4, -0.2) is 54.1 Å². The summed E-state index contributed by atoms with van der Waals surface area (Å²) in [6, 6.07) is 22.2. The van der Waals surface area contributed by atoms with E-state index >= 15 is 0 Å². The van der Waals surface area contributed by atoms with E-state index in [0.717, 1.165) is 28.0 Å². The lowest BCUT2D eigenvalue weighted by atomic mass is 9.97. The van der Waals surface area contributed by atoms with Gasteiger partial charge in [0.2, 0.25) is 0 Å². The smallest absolute Gasteiger partial charge is 0.257 e. The van der Waals surface area contributed by atoms with E-state index in [0.29, 0.717) is 32.4 Å². The molecule has 2 aliphatic rings. The van der Waals surface area contributed by atoms with Gasteiger partial charge in [-0.05, 0) is 40.1 Å². The second-order valence-corrected chi connectivity index (χ2v) is 8.65. The number of benzene rings is 3. The van der Waals surface area contributed by atoms with Gasteiger partial charge in [-0.1, -0.05) is 48.5 Å². The molecular weight excluding hydrogens is 414 g/mol. The number of hydrazone groups is 1. The highest BCUT2D eigenvalue weighted by molar-refractivity contribution is 6.05. The van der Waals surface area contributed by atoms with Crippen LogP contribution in [0.4, 0.5) is 0 Å². The van der Waals surface area contributed by atoms with Gasteiger partial charge in [0.05, 0.1) is 25.4 Å². The van der Waals surface area contributed by atoms with E-state index in [2.05, 4.69) is 35.2 Å². The number of methoxy groups -OCH3 is 1. The van der Waals surface area contributed by atoms with E-state index in [9.17, 15) is 9.59 Å². The van der Waals surface area contributed by atoms with Gasteiger partial charge in [0.15, 0.2) is 0 Å². The maximum Gasteiger partial charge on any atom is 0.257 e. The molecule has 0 bridgehead atoms. The van der Waals surface area contributed by atoms with Crippen LogP contribution in [-0.2, 0) is 9.59 Å². The van der Waals surface area contributed by atoms with Crippen LogP contribution in [0.3, 0.4) is 0 Å². The molecule has 1 unspecified atom stereocenters. The summed E-state index contributed by atoms with van der Waals surface area (Å²) >= 11 is 0. The Bertz CT molecular complexity index is 1210. The molecule has 0 radical (unpaired) electrons. The molecule has 33 heavy (non-hydrogen) atoms. The maximum atomic E-state index is 13.4. The maximum absolute atomic E-state index is 13.4. The van der Waals surface area contributed by atoms with Crippen molar-refractivity contribution in [2.75, 3.05) is 26.7 Å². The van der Waals surface area contributed by atoms with Gasteiger partial charge in [0, 0.05) is 32.4 Å². The molecule has 1 fully saturated rings. The van der Waals surface area contributed by atoms with E-state index in [4.69, 9.17) is 9.84 Å². The quantitative estimate of drug-likeness (QED) is 0.596. The van der Waals surface area contributed by atoms with Crippen LogP contribution < -0.4 is 4.74 Å². The number of carbonyl (C=O) groups excluding carboxylic acids is 2. The lowest BCUT2D eigenvalue weighted by molar-refractivity contribution is -0.135. The minimum atomic E-state index is -0.170. The summed E-state index contributed by atoms with van der Waals surface area (Å²) < 4.78 is 5.30. The SMILES string of the molecule is COc1ccc(C2CC(c3ccc4ccccc4c3)=NN2C(=O)CN2CCC(=O)CC2)cc1. The molecule has 0 aliphatic carbocycles. The zero-order chi connectivity index (χ0) is 22.8. The highest BCUT2D eigenvalue weighted by Crippen LogP contribution is 2.34. The van der Waals surface area contributed by atoms with E-state index in [1.807, 2.05) is 36.4 Å². The molecule has 1 amide bonds. The molecule has 5 rings (SSSR count). The number of fused-ring (bicyclic) bond motifs is 1. The third-order valence-electron chi connectivity index (χ3n) is 6.52. The van der Waals surface area contributed by atoms with Crippen molar-refractivity contribution in [3.8, 4) is 5.75 Å². The van der Waals surface area contributed by atoms with Gasteiger partial charge in [0.1, 0.15) is 11.5 Å². The molecular formula is C27H27N3O3. The molecule has 1 saturated heterocycles. The predicted molar refractivity (Wildman–Crippen MR) is 128 cm³/mol. The zero-order valence-electron chi connectivity index (χ0n) is 18.7. The number of ether oxygens (including phenoxy) is 1. The fourth-order valence-corrected chi connectivity index (χ4v) is 4.59. The zero-order valence-corrected chi connectivity index (χ0v) is 18.7. The van der Waals surface area contributed by atoms with Crippen LogP contribution >= 0.6 is 0 Å². The summed E-state index contributed by atoms with van der Waals surface area (Å²) in [5, 5.41) is 8.80. The number of likely N-dealkylation sites (tertiary alicyclic amines) is 1. The fourth-order valence-electron chi connectivity index (χ4n) is 4.59. The minimum absolute atomic E-state index is 0.0408. The van der Waals surface area contributed by atoms with Gasteiger partial charge < -0.3 is 4.74 Å². The Hall–Kier alpha value is -3.51. The van der Waals surface area contributed by atoms with Gasteiger partial charge in [-0.3, -0.25) is 14.5 Å². The second kappa shape index (κ2) is 9.16. The number of rotatable bonds is 5. The number of piperidine rings is 1. The average Bonchev–Trinajstić information content (AvgIpc) is 3.31. The molecule has 168 valence electrons. The standard InChI is InChI=1S/C27H27N3O3/c1-33-24-10-8-20(9-11-24)26-17-25(22-7-6-19-4-2-3-5-21(19)16-22)28-30(26)27(32)18-29-14-12-23(31)13-15-29/h2-11,16,26H,12-15,17-18H2,1H3. The van der Waals surface area contributed by atoms with E-state index in [1.165, 1.54) is 5.39 Å². The van der Waals surface area contributed by atoms with Crippen LogP contribution in [0.1, 0.15) is 36.4 Å². The summed E-state index contributed by atoms with van der Waals surface area (Å²) in [5.41, 5.74) is 2.97. The molecule has 2 heterocycles. The van der Waals surface area contributed by atoms with Crippen LogP contribution in [0.5, 0.6) is 5.75 Å². The molecule has 0 aromatic heterocycles. The number of nitrogens with zero attached hydrogens (tertiary/aromatic N) is 3. The molecule has 6 heteroatoms. The molecule has 0 saturated carbocycles. The Morgan fingerprint density at radius 3 is 2.45 bits per heavy atom. The summed E-state index contributed by atoms with van der Waals surface area (Å²) in [4.78, 5) is 27.0. The second-order valence-electron chi connectivity index (χ2n) is 8.65. The fraction of sp³-hybridized carbons (Fsp3) is 0.296. The van der Waals surface area contributed by atoms with Crippen molar-refractivity contribution >= 4 is 28.2 Å². The highest BCUT2D eigenvalue weighted by Gasteiger charge is 2.34. The number of hydrogen-bond acceptors (Lipinski definition) is 5. The van der Waals surface area contributed by atoms with Gasteiger partial charge in [-0.25, -0.2) is 5.01 Å². The lowest BCUT2D eigenvalue weighted by Crippen LogP contribution is -2.42. The van der Waals surface area contributed by atoms with Crippen LogP contribution in [0.15, 0.2) is 71.8 Å². The van der Waals surface area contributed by atoms with Crippen molar-refractivity contribution in [2.24, 2.45) is 5.10 Å². The van der Waals surface area contributed by atoms with E-state index < -0.39 is 0 Å². The van der Waals surface area contributed by atoms with Crippen LogP contribution in [0, 0.1) is 0 Å². The molecule has 6 nitrogen and oxygen atoms in total. The first-order valence-electron chi connectivity index (χ1n) is 11.4. The Kier molecular flexibility index (Phi) is 5.92. The monoisotopic (exact) mass is 441 g/mol. The van der Waals surface area contributed by atoms with Crippen molar-refractivity contribution in [3.05, 3.63) is 77.9 Å². The van der Waals surface area contributed by atoms with Crippen molar-refractivity contribution in [2.45, 2.75) is 25.3 Å². The normalized spacial score (nSPS) is 19.1. The molecule has 3 aromatic carbocycles. The van der Waals surface area contributed by atoms with Gasteiger partial charge in [-0.15, -0.1) is 0 Å². The molecule has 2 aliphatic heterocycles. The first-order valence-corrected chi connectivity index (χ1v) is 11.4. The first kappa shape index (κ1) is 21.3. The molecule has 0 N–H and O–H groups in total. The highest BCUT2D eigenvalue weighted by atomic mass is 16.5. The molecule has 3 aromatic rings. The van der Waals surface area contributed by atoms with Gasteiger partial charge in [-0.2, -0.15) is 5.10 Å². The number of Topliss-reactive ketones (excluding diaryl/α,β-unsaturated/α-hetero) is 1. The van der Waals surface area contributed by atoms with Crippen molar-refractivity contribution in [1.82, 2.24) is 9.91 Å². The predicted octanol–water partition coefficient (Wildman–Crippen LogP) is 4.19. The molecule has 1 atom stereocenters. The first-order chi connectivity index (χ1) is 16.1. The topological polar surface area (TPSA) is 62.2 Å². The number of carbonyl (C=O) groups is 2. The summed E-state index contributed by atoms with van der Waals surface area (Å²) in [6.07, 6.45) is 1.68. The summed E-state index contributed by atoms with van der Waals surface area (Å²) in [5.74, 6) is 1.01. The van der Waals surface area contributed by atoms with Crippen LogP contribution in [0.25, 0.3) is 10.8 Å². The van der Waals surface area contributed by atoms with E-state index in [1.54, 1.807) is 12.1 Å². The van der Waals surface area contributed by atoms with Crippen molar-refractivity contribution < 1.29 is 14.3 Å². The Balaban J connectivity index is 1.44. The summed E-state index contributed by atoms with van der Waals surface area (Å²) in [7, 11) is 1.64. The third kappa shape index (κ3) is 4.52. The minimum Gasteiger partial charge on any atom is -0.497 e. The Morgan fingerprint density at radius 2 is 1.73 bits per heavy atom. The van der Waals surface area contributed by atoms with E-state index in [-0.39, 0.29) is 24.3 Å². The van der Waals surface area contributed by atoms with Crippen LogP contribution in [0.2, 0.25) is 0 Å². The summed E-state index contributed by atoms with van der Waals surface area (Å²) in [6.45, 7) is 1.54. The average molecular weight is 442 g/mol. The Morgan fingerprint density at radius 1 is 1.00 bits per heavy atom. The number of amides is 1. The number of hydrogen-bond donors (Lipinski definition) is 0. The number of ketones is 1.